The number of amides is 1. The van der Waals surface area contributed by atoms with E-state index < -0.39 is 23.1 Å². The summed E-state index contributed by atoms with van der Waals surface area (Å²) in [6, 6.07) is 6.62. The predicted molar refractivity (Wildman–Crippen MR) is 115 cm³/mol. The third-order valence-electron chi connectivity index (χ3n) is 5.19. The second-order valence-corrected chi connectivity index (χ2v) is 8.44. The van der Waals surface area contributed by atoms with E-state index in [1.807, 2.05) is 0 Å². The number of piperazine rings is 1. The number of nitriles is 1. The monoisotopic (exact) mass is 480 g/mol. The minimum Gasteiger partial charge on any atom is -0.366 e. The molecule has 0 saturated carbocycles. The van der Waals surface area contributed by atoms with Crippen LogP contribution in [0.2, 0.25) is 0 Å². The summed E-state index contributed by atoms with van der Waals surface area (Å²) in [6.07, 6.45) is -4.70. The fraction of sp³-hybridized carbons (Fsp3) is 0.364. The Morgan fingerprint density at radius 2 is 1.85 bits per heavy atom. The van der Waals surface area contributed by atoms with Gasteiger partial charge < -0.3 is 9.80 Å². The summed E-state index contributed by atoms with van der Waals surface area (Å²) in [5.74, 6) is -1.25. The zero-order valence-corrected chi connectivity index (χ0v) is 18.7. The highest BCUT2D eigenvalue weighted by Gasteiger charge is 2.36. The van der Waals surface area contributed by atoms with Gasteiger partial charge in [-0.05, 0) is 38.1 Å². The zero-order chi connectivity index (χ0) is 24.3. The predicted octanol–water partition coefficient (Wildman–Crippen LogP) is 4.06. The Bertz CT molecular complexity index is 1120. The van der Waals surface area contributed by atoms with Gasteiger partial charge >= 0.3 is 6.18 Å². The van der Waals surface area contributed by atoms with Crippen molar-refractivity contribution >= 4 is 29.1 Å². The molecule has 0 N–H and O–H groups in total. The number of alkyl halides is 3. The molecule has 174 valence electrons. The van der Waals surface area contributed by atoms with Crippen molar-refractivity contribution in [2.45, 2.75) is 25.0 Å². The van der Waals surface area contributed by atoms with Gasteiger partial charge in [-0.1, -0.05) is 11.8 Å². The van der Waals surface area contributed by atoms with Gasteiger partial charge in [0.05, 0.1) is 22.6 Å². The molecule has 11 heteroatoms. The van der Waals surface area contributed by atoms with Crippen LogP contribution in [0, 0.1) is 24.1 Å². The number of rotatable bonds is 5. The van der Waals surface area contributed by atoms with Gasteiger partial charge in [-0.15, -0.1) is 0 Å². The van der Waals surface area contributed by atoms with E-state index in [9.17, 15) is 32.4 Å². The number of anilines is 1. The van der Waals surface area contributed by atoms with Crippen LogP contribution in [-0.2, 0) is 11.0 Å². The number of aromatic nitrogens is 1. The summed E-state index contributed by atoms with van der Waals surface area (Å²) in [5, 5.41) is 9.09. The first kappa shape index (κ1) is 24.5. The summed E-state index contributed by atoms with van der Waals surface area (Å²) < 4.78 is 54.1. The van der Waals surface area contributed by atoms with Crippen LogP contribution >= 0.6 is 11.8 Å². The quantitative estimate of drug-likeness (QED) is 0.365. The summed E-state index contributed by atoms with van der Waals surface area (Å²) in [4.78, 5) is 31.3. The number of nitrogens with zero attached hydrogens (tertiary/aromatic N) is 4. The molecule has 0 radical (unpaired) electrons. The molecule has 1 saturated heterocycles. The molecule has 0 bridgehead atoms. The molecular weight excluding hydrogens is 460 g/mol. The number of carbonyl (C=O) groups excluding carboxylic acids is 2. The molecule has 0 aliphatic carbocycles. The topological polar surface area (TPSA) is 77.3 Å². The molecule has 3 rings (SSSR count). The van der Waals surface area contributed by atoms with Crippen LogP contribution in [0.3, 0.4) is 0 Å². The first-order valence-corrected chi connectivity index (χ1v) is 10.9. The van der Waals surface area contributed by atoms with Crippen LogP contribution in [0.5, 0.6) is 0 Å². The number of aryl methyl sites for hydroxylation is 1. The Labute approximate surface area is 192 Å². The molecule has 33 heavy (non-hydrogen) atoms. The molecule has 1 aliphatic heterocycles. The minimum atomic E-state index is -4.70. The molecule has 1 amide bonds. The fourth-order valence-corrected chi connectivity index (χ4v) is 4.43. The summed E-state index contributed by atoms with van der Waals surface area (Å²) in [5.41, 5.74) is -0.956. The Morgan fingerprint density at radius 3 is 2.39 bits per heavy atom. The normalized spacial score (nSPS) is 14.2. The van der Waals surface area contributed by atoms with E-state index in [2.05, 4.69) is 4.98 Å². The van der Waals surface area contributed by atoms with E-state index in [-0.39, 0.29) is 33.7 Å². The Balaban J connectivity index is 1.63. The highest BCUT2D eigenvalue weighted by atomic mass is 32.2. The van der Waals surface area contributed by atoms with Crippen molar-refractivity contribution in [3.05, 3.63) is 52.5 Å². The molecular formula is C22H20F4N4O2S. The number of Topliss-reactive ketones (excluding diaryl/α,β-unsaturated/α-hetero) is 1. The van der Waals surface area contributed by atoms with Crippen molar-refractivity contribution in [1.82, 2.24) is 9.88 Å². The largest absolute Gasteiger partial charge is 0.417 e. The highest BCUT2D eigenvalue weighted by Crippen LogP contribution is 2.36. The van der Waals surface area contributed by atoms with E-state index in [1.165, 1.54) is 30.9 Å². The lowest BCUT2D eigenvalue weighted by Crippen LogP contribution is -2.49. The maximum atomic E-state index is 14.4. The molecule has 2 heterocycles. The van der Waals surface area contributed by atoms with Crippen LogP contribution in [-0.4, -0.2) is 53.5 Å². The van der Waals surface area contributed by atoms with Crippen LogP contribution in [0.15, 0.2) is 29.3 Å². The van der Waals surface area contributed by atoms with Crippen LogP contribution in [0.25, 0.3) is 0 Å². The van der Waals surface area contributed by atoms with Crippen LogP contribution < -0.4 is 4.90 Å². The van der Waals surface area contributed by atoms with E-state index in [1.54, 1.807) is 17.0 Å². The lowest BCUT2D eigenvalue weighted by Gasteiger charge is -2.36. The smallest absolute Gasteiger partial charge is 0.366 e. The minimum absolute atomic E-state index is 0.0997. The number of thioether (sulfide) groups is 1. The first-order valence-electron chi connectivity index (χ1n) is 9.96. The molecule has 0 unspecified atom stereocenters. The number of carbonyl (C=O) groups is 2. The average Bonchev–Trinajstić information content (AvgIpc) is 2.76. The third-order valence-corrected chi connectivity index (χ3v) is 6.15. The van der Waals surface area contributed by atoms with Crippen molar-refractivity contribution in [1.29, 1.82) is 5.26 Å². The summed E-state index contributed by atoms with van der Waals surface area (Å²) >= 11 is 0.791. The van der Waals surface area contributed by atoms with Crippen molar-refractivity contribution < 1.29 is 27.2 Å². The van der Waals surface area contributed by atoms with E-state index in [0.29, 0.717) is 31.9 Å². The van der Waals surface area contributed by atoms with Crippen molar-refractivity contribution in [3.8, 4) is 6.07 Å². The lowest BCUT2D eigenvalue weighted by atomic mass is 10.1. The maximum Gasteiger partial charge on any atom is 0.417 e. The van der Waals surface area contributed by atoms with Gasteiger partial charge in [-0.25, -0.2) is 9.37 Å². The van der Waals surface area contributed by atoms with E-state index in [0.717, 1.165) is 17.8 Å². The van der Waals surface area contributed by atoms with Gasteiger partial charge in [0.25, 0.3) is 0 Å². The van der Waals surface area contributed by atoms with Crippen molar-refractivity contribution in [3.63, 3.8) is 0 Å². The van der Waals surface area contributed by atoms with Crippen molar-refractivity contribution in [2.24, 2.45) is 0 Å². The van der Waals surface area contributed by atoms with E-state index in [4.69, 9.17) is 0 Å². The average molecular weight is 480 g/mol. The number of hydrogen-bond donors (Lipinski definition) is 0. The van der Waals surface area contributed by atoms with Gasteiger partial charge in [0.1, 0.15) is 16.9 Å². The molecule has 1 aliphatic rings. The van der Waals surface area contributed by atoms with E-state index >= 15 is 0 Å². The molecule has 0 atom stereocenters. The number of ketones is 1. The van der Waals surface area contributed by atoms with Gasteiger partial charge in [0.15, 0.2) is 5.78 Å². The number of halogens is 4. The van der Waals surface area contributed by atoms with Gasteiger partial charge in [0.2, 0.25) is 5.91 Å². The van der Waals surface area contributed by atoms with Crippen molar-refractivity contribution in [2.75, 3.05) is 36.8 Å². The Morgan fingerprint density at radius 1 is 1.18 bits per heavy atom. The maximum absolute atomic E-state index is 14.4. The number of pyridine rings is 1. The molecule has 2 aromatic rings. The SMILES string of the molecule is CC(=O)c1ccc(N2CCN(C(=O)CSc3nc(C)cc(C(F)(F)F)c3C#N)CC2)c(F)c1. The molecule has 1 aromatic carbocycles. The Kier molecular flexibility index (Phi) is 7.27. The van der Waals surface area contributed by atoms with Gasteiger partial charge in [0, 0.05) is 37.4 Å². The number of hydrogen-bond acceptors (Lipinski definition) is 6. The summed E-state index contributed by atoms with van der Waals surface area (Å²) in [7, 11) is 0. The zero-order valence-electron chi connectivity index (χ0n) is 17.9. The summed E-state index contributed by atoms with van der Waals surface area (Å²) in [6.45, 7) is 4.06. The van der Waals surface area contributed by atoms with Crippen LogP contribution in [0.1, 0.15) is 34.1 Å². The lowest BCUT2D eigenvalue weighted by molar-refractivity contribution is -0.138. The highest BCUT2D eigenvalue weighted by molar-refractivity contribution is 8.00. The third kappa shape index (κ3) is 5.63. The molecule has 0 spiro atoms. The van der Waals surface area contributed by atoms with Crippen LogP contribution in [0.4, 0.5) is 23.2 Å². The number of benzene rings is 1. The molecule has 1 fully saturated rings. The molecule has 6 nitrogen and oxygen atoms in total. The second kappa shape index (κ2) is 9.79. The fourth-order valence-electron chi connectivity index (χ4n) is 3.48. The van der Waals surface area contributed by atoms with Gasteiger partial charge in [-0.2, -0.15) is 18.4 Å². The van der Waals surface area contributed by atoms with Gasteiger partial charge in [-0.3, -0.25) is 9.59 Å². The second-order valence-electron chi connectivity index (χ2n) is 7.48. The standard InChI is InChI=1S/C22H20F4N4O2S/c1-13-9-17(22(24,25)26)16(11-27)21(28-13)33-12-20(32)30-7-5-29(6-8-30)19-4-3-15(14(2)31)10-18(19)23/h3-4,9-10H,5-8,12H2,1-2H3. The first-order chi connectivity index (χ1) is 15.5. The molecule has 1 aromatic heterocycles. The Hall–Kier alpha value is -3.13.